The molecule has 3 heterocycles. The second-order valence-corrected chi connectivity index (χ2v) is 6.54. The standard InChI is InChI=1S/C20H16N4O4/c25-18-9-15(20(26)22-13-6-7-16-17(8-13)28-11-27-16)24-19(23-18)14(10-21-24)12-4-2-1-3-5-12/h1-8,10,15H,9,11H2,(H,22,26)(H,23,25)/t15-/m0/s1. The number of ether oxygens (including phenoxy) is 2. The van der Waals surface area contributed by atoms with Crippen LogP contribution < -0.4 is 20.1 Å². The maximum absolute atomic E-state index is 12.9. The van der Waals surface area contributed by atoms with Gasteiger partial charge in [-0.2, -0.15) is 5.10 Å². The fourth-order valence-electron chi connectivity index (χ4n) is 3.40. The number of fused-ring (bicyclic) bond motifs is 2. The summed E-state index contributed by atoms with van der Waals surface area (Å²) in [5, 5.41) is 10.0. The summed E-state index contributed by atoms with van der Waals surface area (Å²) >= 11 is 0. The second-order valence-electron chi connectivity index (χ2n) is 6.54. The molecule has 0 saturated carbocycles. The summed E-state index contributed by atoms with van der Waals surface area (Å²) in [7, 11) is 0. The van der Waals surface area contributed by atoms with Crippen LogP contribution in [-0.4, -0.2) is 28.4 Å². The molecule has 5 rings (SSSR count). The molecule has 0 aliphatic carbocycles. The SMILES string of the molecule is O=C1C[C@@H](C(=O)Nc2ccc3c(c2)OCO3)n2ncc(-c3ccccc3)c2N1. The first-order valence-electron chi connectivity index (χ1n) is 8.82. The van der Waals surface area contributed by atoms with E-state index in [1.54, 1.807) is 29.1 Å². The number of rotatable bonds is 3. The molecule has 0 fully saturated rings. The fraction of sp³-hybridized carbons (Fsp3) is 0.150. The highest BCUT2D eigenvalue weighted by atomic mass is 16.7. The van der Waals surface area contributed by atoms with E-state index in [0.717, 1.165) is 11.1 Å². The lowest BCUT2D eigenvalue weighted by Gasteiger charge is -2.24. The van der Waals surface area contributed by atoms with Gasteiger partial charge in [0.1, 0.15) is 11.9 Å². The second kappa shape index (κ2) is 6.41. The van der Waals surface area contributed by atoms with Crippen molar-refractivity contribution in [2.24, 2.45) is 0 Å². The Balaban J connectivity index is 1.44. The van der Waals surface area contributed by atoms with Gasteiger partial charge in [-0.25, -0.2) is 4.68 Å². The van der Waals surface area contributed by atoms with Crippen LogP contribution in [0.1, 0.15) is 12.5 Å². The molecule has 3 aromatic rings. The minimum Gasteiger partial charge on any atom is -0.454 e. The predicted octanol–water partition coefficient (Wildman–Crippen LogP) is 2.80. The number of hydrogen-bond acceptors (Lipinski definition) is 5. The van der Waals surface area contributed by atoms with Gasteiger partial charge in [-0.1, -0.05) is 30.3 Å². The van der Waals surface area contributed by atoms with Crippen LogP contribution in [0.25, 0.3) is 11.1 Å². The van der Waals surface area contributed by atoms with Gasteiger partial charge in [-0.05, 0) is 17.7 Å². The Bertz CT molecular complexity index is 1080. The van der Waals surface area contributed by atoms with Gasteiger partial charge >= 0.3 is 0 Å². The highest BCUT2D eigenvalue weighted by molar-refractivity contribution is 6.03. The third-order valence-corrected chi connectivity index (χ3v) is 4.75. The molecular formula is C20H16N4O4. The van der Waals surface area contributed by atoms with Crippen molar-refractivity contribution in [2.75, 3.05) is 17.4 Å². The Morgan fingerprint density at radius 1 is 1.14 bits per heavy atom. The predicted molar refractivity (Wildman–Crippen MR) is 101 cm³/mol. The lowest BCUT2D eigenvalue weighted by Crippen LogP contribution is -2.35. The van der Waals surface area contributed by atoms with E-state index in [1.165, 1.54) is 0 Å². The molecule has 8 heteroatoms. The normalized spacial score (nSPS) is 17.0. The molecule has 8 nitrogen and oxygen atoms in total. The molecule has 0 unspecified atom stereocenters. The number of carbonyl (C=O) groups is 2. The summed E-state index contributed by atoms with van der Waals surface area (Å²) in [4.78, 5) is 25.2. The smallest absolute Gasteiger partial charge is 0.249 e. The van der Waals surface area contributed by atoms with Crippen molar-refractivity contribution >= 4 is 23.3 Å². The molecule has 1 atom stereocenters. The van der Waals surface area contributed by atoms with Crippen molar-refractivity contribution < 1.29 is 19.1 Å². The number of anilines is 2. The van der Waals surface area contributed by atoms with Crippen LogP contribution in [0.2, 0.25) is 0 Å². The number of amides is 2. The average Bonchev–Trinajstić information content (AvgIpc) is 3.34. The summed E-state index contributed by atoms with van der Waals surface area (Å²) < 4.78 is 12.2. The largest absolute Gasteiger partial charge is 0.454 e. The van der Waals surface area contributed by atoms with Crippen LogP contribution in [-0.2, 0) is 9.59 Å². The highest BCUT2D eigenvalue weighted by Crippen LogP contribution is 2.36. The Kier molecular flexibility index (Phi) is 3.75. The zero-order chi connectivity index (χ0) is 19.1. The molecular weight excluding hydrogens is 360 g/mol. The molecule has 2 N–H and O–H groups in total. The summed E-state index contributed by atoms with van der Waals surface area (Å²) in [6.07, 6.45) is 1.68. The van der Waals surface area contributed by atoms with E-state index >= 15 is 0 Å². The van der Waals surface area contributed by atoms with Gasteiger partial charge in [0.15, 0.2) is 11.5 Å². The molecule has 0 spiro atoms. The van der Waals surface area contributed by atoms with Gasteiger partial charge in [0.2, 0.25) is 18.6 Å². The molecule has 0 bridgehead atoms. The van der Waals surface area contributed by atoms with Crippen molar-refractivity contribution in [1.82, 2.24) is 9.78 Å². The van der Waals surface area contributed by atoms with Gasteiger partial charge in [-0.15, -0.1) is 0 Å². The number of hydrogen-bond donors (Lipinski definition) is 2. The van der Waals surface area contributed by atoms with Crippen LogP contribution in [0.4, 0.5) is 11.5 Å². The highest BCUT2D eigenvalue weighted by Gasteiger charge is 2.33. The lowest BCUT2D eigenvalue weighted by molar-refractivity contribution is -0.125. The van der Waals surface area contributed by atoms with Crippen molar-refractivity contribution in [3.8, 4) is 22.6 Å². The molecule has 0 saturated heterocycles. The summed E-state index contributed by atoms with van der Waals surface area (Å²) in [5.74, 6) is 1.18. The number of carbonyl (C=O) groups excluding carboxylic acids is 2. The van der Waals surface area contributed by atoms with Gasteiger partial charge in [0, 0.05) is 17.3 Å². The quantitative estimate of drug-likeness (QED) is 0.733. The zero-order valence-corrected chi connectivity index (χ0v) is 14.7. The van der Waals surface area contributed by atoms with E-state index in [1.807, 2.05) is 30.3 Å². The topological polar surface area (TPSA) is 94.5 Å². The number of aromatic nitrogens is 2. The van der Waals surface area contributed by atoms with Crippen molar-refractivity contribution in [2.45, 2.75) is 12.5 Å². The van der Waals surface area contributed by atoms with Crippen molar-refractivity contribution in [3.05, 3.63) is 54.7 Å². The van der Waals surface area contributed by atoms with E-state index in [0.29, 0.717) is 23.0 Å². The van der Waals surface area contributed by atoms with Crippen LogP contribution >= 0.6 is 0 Å². The molecule has 0 radical (unpaired) electrons. The molecule has 1 aromatic heterocycles. The fourth-order valence-corrected chi connectivity index (χ4v) is 3.40. The molecule has 140 valence electrons. The van der Waals surface area contributed by atoms with Crippen molar-refractivity contribution in [1.29, 1.82) is 0 Å². The molecule has 2 aliphatic heterocycles. The van der Waals surface area contributed by atoms with E-state index < -0.39 is 6.04 Å². The van der Waals surface area contributed by atoms with Crippen LogP contribution in [0.3, 0.4) is 0 Å². The summed E-state index contributed by atoms with van der Waals surface area (Å²) in [6, 6.07) is 14.0. The van der Waals surface area contributed by atoms with E-state index in [4.69, 9.17) is 9.47 Å². The van der Waals surface area contributed by atoms with Crippen molar-refractivity contribution in [3.63, 3.8) is 0 Å². The monoisotopic (exact) mass is 376 g/mol. The minimum absolute atomic E-state index is 0.0132. The molecule has 2 aromatic carbocycles. The first-order chi connectivity index (χ1) is 13.7. The first-order valence-corrected chi connectivity index (χ1v) is 8.82. The Morgan fingerprint density at radius 3 is 2.82 bits per heavy atom. The Hall–Kier alpha value is -3.81. The lowest BCUT2D eigenvalue weighted by atomic mass is 10.1. The number of nitrogens with zero attached hydrogens (tertiary/aromatic N) is 2. The van der Waals surface area contributed by atoms with Crippen LogP contribution in [0.15, 0.2) is 54.7 Å². The zero-order valence-electron chi connectivity index (χ0n) is 14.7. The first kappa shape index (κ1) is 16.4. The van der Waals surface area contributed by atoms with Crippen LogP contribution in [0.5, 0.6) is 11.5 Å². The van der Waals surface area contributed by atoms with E-state index in [2.05, 4.69) is 15.7 Å². The molecule has 2 aliphatic rings. The van der Waals surface area contributed by atoms with E-state index in [9.17, 15) is 9.59 Å². The maximum atomic E-state index is 12.9. The van der Waals surface area contributed by atoms with E-state index in [-0.39, 0.29) is 25.0 Å². The third-order valence-electron chi connectivity index (χ3n) is 4.75. The van der Waals surface area contributed by atoms with Gasteiger partial charge < -0.3 is 20.1 Å². The number of benzene rings is 2. The molecule has 28 heavy (non-hydrogen) atoms. The third kappa shape index (κ3) is 2.75. The maximum Gasteiger partial charge on any atom is 0.249 e. The van der Waals surface area contributed by atoms with Gasteiger partial charge in [-0.3, -0.25) is 9.59 Å². The van der Waals surface area contributed by atoms with Crippen LogP contribution in [0, 0.1) is 0 Å². The summed E-state index contributed by atoms with van der Waals surface area (Å²) in [6.45, 7) is 0.161. The Labute approximate surface area is 160 Å². The number of nitrogens with one attached hydrogen (secondary N) is 2. The average molecular weight is 376 g/mol. The molecule has 2 amide bonds. The summed E-state index contributed by atoms with van der Waals surface area (Å²) in [5.41, 5.74) is 2.26. The Morgan fingerprint density at radius 2 is 1.96 bits per heavy atom. The van der Waals surface area contributed by atoms with Gasteiger partial charge in [0.25, 0.3) is 0 Å². The minimum atomic E-state index is -0.744. The van der Waals surface area contributed by atoms with Gasteiger partial charge in [0.05, 0.1) is 12.6 Å².